The van der Waals surface area contributed by atoms with Crippen molar-refractivity contribution in [3.63, 3.8) is 0 Å². The summed E-state index contributed by atoms with van der Waals surface area (Å²) in [5, 5.41) is 5.64. The number of hydrogen-bond acceptors (Lipinski definition) is 4. The molecule has 1 unspecified atom stereocenters. The molecule has 0 aliphatic carbocycles. The average molecular weight is 262 g/mol. The lowest BCUT2D eigenvalue weighted by molar-refractivity contribution is 0.0879. The Labute approximate surface area is 110 Å². The molecule has 2 N–H and O–H groups in total. The molecule has 3 rings (SSSR count). The Balaban J connectivity index is 1.72. The topological polar surface area (TPSA) is 58.2 Å². The molecule has 2 aliphatic heterocycles. The van der Waals surface area contributed by atoms with Crippen LogP contribution in [0.5, 0.6) is 0 Å². The highest BCUT2D eigenvalue weighted by atomic mass is 32.2. The molecule has 18 heavy (non-hydrogen) atoms. The Morgan fingerprint density at radius 3 is 2.89 bits per heavy atom. The maximum Gasteiger partial charge on any atom is 0.259 e. The SMILES string of the molecule is O=C1NC(=O)c2cc(NCC3CCSC3)ccc21. The molecule has 0 saturated carbocycles. The van der Waals surface area contributed by atoms with Crippen LogP contribution < -0.4 is 10.6 Å². The van der Waals surface area contributed by atoms with Gasteiger partial charge in [-0.25, -0.2) is 0 Å². The van der Waals surface area contributed by atoms with Gasteiger partial charge in [-0.3, -0.25) is 14.9 Å². The van der Waals surface area contributed by atoms with E-state index in [2.05, 4.69) is 10.6 Å². The summed E-state index contributed by atoms with van der Waals surface area (Å²) in [6, 6.07) is 5.33. The van der Waals surface area contributed by atoms with Gasteiger partial charge in [0.2, 0.25) is 0 Å². The van der Waals surface area contributed by atoms with Crippen molar-refractivity contribution in [1.29, 1.82) is 0 Å². The Morgan fingerprint density at radius 2 is 2.11 bits per heavy atom. The second-order valence-corrected chi connectivity index (χ2v) is 5.80. The Morgan fingerprint density at radius 1 is 1.28 bits per heavy atom. The van der Waals surface area contributed by atoms with Crippen LogP contribution in [0.15, 0.2) is 18.2 Å². The van der Waals surface area contributed by atoms with E-state index in [1.54, 1.807) is 12.1 Å². The standard InChI is InChI=1S/C13H14N2O2S/c16-12-10-2-1-9(5-11(10)13(17)15-12)14-6-8-3-4-18-7-8/h1-2,5,8,14H,3-4,6-7H2,(H,15,16,17). The number of nitrogens with one attached hydrogen (secondary N) is 2. The Hall–Kier alpha value is -1.49. The van der Waals surface area contributed by atoms with Crippen LogP contribution in [0.4, 0.5) is 5.69 Å². The lowest BCUT2D eigenvalue weighted by Gasteiger charge is -2.11. The molecule has 0 aromatic heterocycles. The number of benzene rings is 1. The van der Waals surface area contributed by atoms with E-state index in [1.165, 1.54) is 17.9 Å². The number of hydrogen-bond donors (Lipinski definition) is 2. The molecular weight excluding hydrogens is 248 g/mol. The first-order valence-electron chi connectivity index (χ1n) is 6.05. The summed E-state index contributed by atoms with van der Waals surface area (Å²) in [6.45, 7) is 0.932. The minimum absolute atomic E-state index is 0.296. The van der Waals surface area contributed by atoms with E-state index in [0.717, 1.165) is 12.2 Å². The highest BCUT2D eigenvalue weighted by molar-refractivity contribution is 7.99. The van der Waals surface area contributed by atoms with Crippen LogP contribution in [0, 0.1) is 5.92 Å². The molecule has 94 valence electrons. The van der Waals surface area contributed by atoms with Crippen molar-refractivity contribution < 1.29 is 9.59 Å². The van der Waals surface area contributed by atoms with Gasteiger partial charge >= 0.3 is 0 Å². The molecule has 5 heteroatoms. The second kappa shape index (κ2) is 4.65. The lowest BCUT2D eigenvalue weighted by Crippen LogP contribution is -2.19. The molecule has 1 fully saturated rings. The molecule has 1 atom stereocenters. The molecule has 2 aliphatic rings. The fraction of sp³-hybridized carbons (Fsp3) is 0.385. The first-order valence-corrected chi connectivity index (χ1v) is 7.21. The van der Waals surface area contributed by atoms with Gasteiger partial charge in [-0.1, -0.05) is 0 Å². The van der Waals surface area contributed by atoms with Gasteiger partial charge in [-0.2, -0.15) is 11.8 Å². The van der Waals surface area contributed by atoms with Crippen LogP contribution in [-0.4, -0.2) is 29.9 Å². The van der Waals surface area contributed by atoms with E-state index in [0.29, 0.717) is 17.0 Å². The van der Waals surface area contributed by atoms with Crippen LogP contribution in [-0.2, 0) is 0 Å². The molecule has 2 heterocycles. The van der Waals surface area contributed by atoms with Gasteiger partial charge in [0.15, 0.2) is 0 Å². The van der Waals surface area contributed by atoms with Gasteiger partial charge in [0.25, 0.3) is 11.8 Å². The summed E-state index contributed by atoms with van der Waals surface area (Å²) in [4.78, 5) is 22.9. The van der Waals surface area contributed by atoms with Crippen molar-refractivity contribution in [1.82, 2.24) is 5.32 Å². The number of carbonyl (C=O) groups excluding carboxylic acids is 2. The van der Waals surface area contributed by atoms with Crippen molar-refractivity contribution in [2.45, 2.75) is 6.42 Å². The van der Waals surface area contributed by atoms with Gasteiger partial charge in [-0.05, 0) is 42.0 Å². The number of rotatable bonds is 3. The first-order chi connectivity index (χ1) is 8.74. The monoisotopic (exact) mass is 262 g/mol. The quantitative estimate of drug-likeness (QED) is 0.815. The van der Waals surface area contributed by atoms with E-state index in [1.807, 2.05) is 17.8 Å². The predicted octanol–water partition coefficient (Wildman–Crippen LogP) is 1.74. The van der Waals surface area contributed by atoms with Gasteiger partial charge in [0.05, 0.1) is 11.1 Å². The second-order valence-electron chi connectivity index (χ2n) is 4.65. The number of anilines is 1. The van der Waals surface area contributed by atoms with Gasteiger partial charge in [0, 0.05) is 12.2 Å². The smallest absolute Gasteiger partial charge is 0.259 e. The Bertz CT molecular complexity index is 510. The zero-order valence-electron chi connectivity index (χ0n) is 9.86. The van der Waals surface area contributed by atoms with E-state index < -0.39 is 0 Å². The molecule has 1 saturated heterocycles. The van der Waals surface area contributed by atoms with Crippen molar-refractivity contribution in [2.24, 2.45) is 5.92 Å². The van der Waals surface area contributed by atoms with Crippen molar-refractivity contribution in [3.05, 3.63) is 29.3 Å². The van der Waals surface area contributed by atoms with Crippen molar-refractivity contribution in [3.8, 4) is 0 Å². The molecule has 4 nitrogen and oxygen atoms in total. The summed E-state index contributed by atoms with van der Waals surface area (Å²) < 4.78 is 0. The van der Waals surface area contributed by atoms with E-state index in [4.69, 9.17) is 0 Å². The minimum Gasteiger partial charge on any atom is -0.385 e. The summed E-state index contributed by atoms with van der Waals surface area (Å²) in [5.41, 5.74) is 1.86. The van der Waals surface area contributed by atoms with Crippen LogP contribution >= 0.6 is 11.8 Å². The lowest BCUT2D eigenvalue weighted by atomic mass is 10.1. The maximum atomic E-state index is 11.5. The van der Waals surface area contributed by atoms with Gasteiger partial charge in [-0.15, -0.1) is 0 Å². The molecule has 0 radical (unpaired) electrons. The molecular formula is C13H14N2O2S. The predicted molar refractivity (Wildman–Crippen MR) is 72.2 cm³/mol. The van der Waals surface area contributed by atoms with Gasteiger partial charge < -0.3 is 5.32 Å². The zero-order chi connectivity index (χ0) is 12.5. The van der Waals surface area contributed by atoms with Crippen LogP contribution in [0.2, 0.25) is 0 Å². The third-order valence-electron chi connectivity index (χ3n) is 3.35. The van der Waals surface area contributed by atoms with Crippen molar-refractivity contribution in [2.75, 3.05) is 23.4 Å². The fourth-order valence-electron chi connectivity index (χ4n) is 2.28. The highest BCUT2D eigenvalue weighted by Crippen LogP contribution is 2.25. The minimum atomic E-state index is -0.297. The normalized spacial score (nSPS) is 21.9. The fourth-order valence-corrected chi connectivity index (χ4v) is 3.57. The molecule has 0 bridgehead atoms. The number of imide groups is 1. The van der Waals surface area contributed by atoms with E-state index in [-0.39, 0.29) is 11.8 Å². The molecule has 0 spiro atoms. The molecule has 2 amide bonds. The summed E-state index contributed by atoms with van der Waals surface area (Å²) >= 11 is 1.99. The average Bonchev–Trinajstić information content (AvgIpc) is 2.97. The maximum absolute atomic E-state index is 11.5. The zero-order valence-corrected chi connectivity index (χ0v) is 10.7. The van der Waals surface area contributed by atoms with Gasteiger partial charge in [0.1, 0.15) is 0 Å². The Kier molecular flexibility index (Phi) is 2.99. The van der Waals surface area contributed by atoms with Crippen LogP contribution in [0.25, 0.3) is 0 Å². The summed E-state index contributed by atoms with van der Waals surface area (Å²) in [7, 11) is 0. The number of fused-ring (bicyclic) bond motifs is 1. The largest absolute Gasteiger partial charge is 0.385 e. The highest BCUT2D eigenvalue weighted by Gasteiger charge is 2.26. The summed E-state index contributed by atoms with van der Waals surface area (Å²) in [6.07, 6.45) is 1.25. The molecule has 1 aromatic rings. The number of thioether (sulfide) groups is 1. The number of carbonyl (C=O) groups is 2. The van der Waals surface area contributed by atoms with Crippen LogP contribution in [0.1, 0.15) is 27.1 Å². The summed E-state index contributed by atoms with van der Waals surface area (Å²) in [5.74, 6) is 2.56. The molecule has 1 aromatic carbocycles. The third-order valence-corrected chi connectivity index (χ3v) is 4.59. The first kappa shape index (κ1) is 11.6. The number of amides is 2. The van der Waals surface area contributed by atoms with E-state index >= 15 is 0 Å². The van der Waals surface area contributed by atoms with Crippen molar-refractivity contribution >= 4 is 29.3 Å². The third kappa shape index (κ3) is 2.10. The van der Waals surface area contributed by atoms with E-state index in [9.17, 15) is 9.59 Å². The van der Waals surface area contributed by atoms with Crippen LogP contribution in [0.3, 0.4) is 0 Å².